The van der Waals surface area contributed by atoms with Gasteiger partial charge in [0.1, 0.15) is 18.2 Å². The van der Waals surface area contributed by atoms with Gasteiger partial charge in [0.15, 0.2) is 0 Å². The SMILES string of the molecule is C=CCOC(=O)[C@@H](CCC(=O)O)NC(=O)OC(C)(C)C. The van der Waals surface area contributed by atoms with E-state index in [4.69, 9.17) is 14.6 Å². The summed E-state index contributed by atoms with van der Waals surface area (Å²) in [6.07, 6.45) is 0.219. The first kappa shape index (κ1) is 17.9. The van der Waals surface area contributed by atoms with Crippen LogP contribution < -0.4 is 5.32 Å². The van der Waals surface area contributed by atoms with E-state index in [2.05, 4.69) is 11.9 Å². The molecule has 0 aromatic heterocycles. The van der Waals surface area contributed by atoms with Crippen LogP contribution in [0.15, 0.2) is 12.7 Å². The van der Waals surface area contributed by atoms with E-state index < -0.39 is 29.7 Å². The van der Waals surface area contributed by atoms with Crippen molar-refractivity contribution in [3.8, 4) is 0 Å². The zero-order valence-electron chi connectivity index (χ0n) is 12.0. The Morgan fingerprint density at radius 3 is 2.40 bits per heavy atom. The molecule has 0 bridgehead atoms. The van der Waals surface area contributed by atoms with Gasteiger partial charge in [-0.05, 0) is 27.2 Å². The van der Waals surface area contributed by atoms with Crippen LogP contribution in [0.2, 0.25) is 0 Å². The van der Waals surface area contributed by atoms with Crippen LogP contribution >= 0.6 is 0 Å². The van der Waals surface area contributed by atoms with Crippen LogP contribution in [0.25, 0.3) is 0 Å². The summed E-state index contributed by atoms with van der Waals surface area (Å²) in [5.41, 5.74) is -0.716. The van der Waals surface area contributed by atoms with Crippen LogP contribution in [0.3, 0.4) is 0 Å². The van der Waals surface area contributed by atoms with Gasteiger partial charge in [0.05, 0.1) is 0 Å². The third kappa shape index (κ3) is 8.96. The Morgan fingerprint density at radius 2 is 1.95 bits per heavy atom. The minimum absolute atomic E-state index is 0.0155. The standard InChI is InChI=1S/C13H21NO6/c1-5-8-19-11(17)9(6-7-10(15)16)14-12(18)20-13(2,3)4/h5,9H,1,6-8H2,2-4H3,(H,14,18)(H,15,16)/t9-/m1/s1. The number of esters is 1. The van der Waals surface area contributed by atoms with Crippen LogP contribution in [-0.4, -0.2) is 41.4 Å². The number of amides is 1. The molecule has 0 fully saturated rings. The van der Waals surface area contributed by atoms with Crippen LogP contribution in [0.1, 0.15) is 33.6 Å². The Morgan fingerprint density at radius 1 is 1.35 bits per heavy atom. The number of carboxylic acid groups (broad SMARTS) is 1. The molecule has 1 atom stereocenters. The molecule has 0 radical (unpaired) electrons. The number of hydrogen-bond acceptors (Lipinski definition) is 5. The molecule has 0 aromatic rings. The minimum Gasteiger partial charge on any atom is -0.481 e. The minimum atomic E-state index is -1.07. The van der Waals surface area contributed by atoms with Gasteiger partial charge in [-0.2, -0.15) is 0 Å². The summed E-state index contributed by atoms with van der Waals surface area (Å²) >= 11 is 0. The first-order chi connectivity index (χ1) is 9.15. The van der Waals surface area contributed by atoms with Crippen molar-refractivity contribution < 1.29 is 29.0 Å². The van der Waals surface area contributed by atoms with Crippen molar-refractivity contribution in [1.29, 1.82) is 0 Å². The molecule has 0 spiro atoms. The van der Waals surface area contributed by atoms with Crippen LogP contribution in [0, 0.1) is 0 Å². The predicted molar refractivity (Wildman–Crippen MR) is 71.2 cm³/mol. The molecule has 20 heavy (non-hydrogen) atoms. The molecule has 0 aliphatic heterocycles. The molecule has 0 aromatic carbocycles. The lowest BCUT2D eigenvalue weighted by molar-refractivity contribution is -0.145. The second kappa shape index (κ2) is 8.19. The van der Waals surface area contributed by atoms with Crippen molar-refractivity contribution >= 4 is 18.0 Å². The van der Waals surface area contributed by atoms with Crippen molar-refractivity contribution in [2.75, 3.05) is 6.61 Å². The van der Waals surface area contributed by atoms with Crippen molar-refractivity contribution in [2.24, 2.45) is 0 Å². The van der Waals surface area contributed by atoms with E-state index in [9.17, 15) is 14.4 Å². The maximum absolute atomic E-state index is 11.7. The Kier molecular flexibility index (Phi) is 7.35. The van der Waals surface area contributed by atoms with Gasteiger partial charge in [-0.1, -0.05) is 12.7 Å². The molecule has 7 nitrogen and oxygen atoms in total. The summed E-state index contributed by atoms with van der Waals surface area (Å²) in [5.74, 6) is -1.80. The topological polar surface area (TPSA) is 102 Å². The van der Waals surface area contributed by atoms with Gasteiger partial charge < -0.3 is 19.9 Å². The average molecular weight is 287 g/mol. The fourth-order valence-electron chi connectivity index (χ4n) is 1.21. The van der Waals surface area contributed by atoms with E-state index >= 15 is 0 Å². The largest absolute Gasteiger partial charge is 0.481 e. The lowest BCUT2D eigenvalue weighted by Gasteiger charge is -2.22. The molecule has 0 rings (SSSR count). The zero-order chi connectivity index (χ0) is 15.8. The fraction of sp³-hybridized carbons (Fsp3) is 0.615. The zero-order valence-corrected chi connectivity index (χ0v) is 12.0. The molecule has 114 valence electrons. The normalized spacial score (nSPS) is 12.2. The van der Waals surface area contributed by atoms with Gasteiger partial charge in [-0.25, -0.2) is 9.59 Å². The van der Waals surface area contributed by atoms with Gasteiger partial charge >= 0.3 is 18.0 Å². The van der Waals surface area contributed by atoms with E-state index in [1.165, 1.54) is 6.08 Å². The summed E-state index contributed by atoms with van der Waals surface area (Å²) in [7, 11) is 0. The Labute approximate surface area is 117 Å². The second-order valence-electron chi connectivity index (χ2n) is 5.05. The lowest BCUT2D eigenvalue weighted by Crippen LogP contribution is -2.44. The summed E-state index contributed by atoms with van der Waals surface area (Å²) < 4.78 is 9.80. The van der Waals surface area contributed by atoms with Gasteiger partial charge in [0.25, 0.3) is 0 Å². The average Bonchev–Trinajstić information content (AvgIpc) is 2.28. The number of hydrogen-bond donors (Lipinski definition) is 2. The summed E-state index contributed by atoms with van der Waals surface area (Å²) in [5, 5.41) is 10.9. The molecule has 0 saturated carbocycles. The maximum atomic E-state index is 11.7. The number of ether oxygens (including phenoxy) is 2. The van der Waals surface area contributed by atoms with Crippen molar-refractivity contribution in [3.05, 3.63) is 12.7 Å². The third-order valence-electron chi connectivity index (χ3n) is 1.97. The number of aliphatic carboxylic acids is 1. The van der Waals surface area contributed by atoms with Gasteiger partial charge in [0.2, 0.25) is 0 Å². The van der Waals surface area contributed by atoms with Crippen LogP contribution in [0.4, 0.5) is 4.79 Å². The highest BCUT2D eigenvalue weighted by Gasteiger charge is 2.25. The third-order valence-corrected chi connectivity index (χ3v) is 1.97. The van der Waals surface area contributed by atoms with Gasteiger partial charge in [0, 0.05) is 6.42 Å². The number of carbonyl (C=O) groups is 3. The summed E-state index contributed by atoms with van der Waals surface area (Å²) in [6.45, 7) is 8.40. The number of nitrogens with one attached hydrogen (secondary N) is 1. The monoisotopic (exact) mass is 287 g/mol. The highest BCUT2D eigenvalue weighted by Crippen LogP contribution is 2.08. The van der Waals surface area contributed by atoms with Gasteiger partial charge in [-0.3, -0.25) is 4.79 Å². The molecular weight excluding hydrogens is 266 g/mol. The number of carbonyl (C=O) groups excluding carboxylic acids is 2. The fourth-order valence-corrected chi connectivity index (χ4v) is 1.21. The Bertz CT molecular complexity index is 372. The summed E-state index contributed by atoms with van der Waals surface area (Å²) in [4.78, 5) is 33.8. The maximum Gasteiger partial charge on any atom is 0.408 e. The van der Waals surface area contributed by atoms with E-state index in [-0.39, 0.29) is 19.4 Å². The van der Waals surface area contributed by atoms with E-state index in [0.29, 0.717) is 0 Å². The molecule has 1 amide bonds. The molecule has 0 aliphatic carbocycles. The Balaban J connectivity index is 4.58. The van der Waals surface area contributed by atoms with E-state index in [1.807, 2.05) is 0 Å². The molecular formula is C13H21NO6. The number of alkyl carbamates (subject to hydrolysis) is 1. The molecule has 2 N–H and O–H groups in total. The lowest BCUT2D eigenvalue weighted by atomic mass is 10.1. The molecule has 0 heterocycles. The molecule has 0 aliphatic rings. The molecule has 0 saturated heterocycles. The van der Waals surface area contributed by atoms with Crippen LogP contribution in [0.5, 0.6) is 0 Å². The number of rotatable bonds is 7. The highest BCUT2D eigenvalue weighted by atomic mass is 16.6. The smallest absolute Gasteiger partial charge is 0.408 e. The van der Waals surface area contributed by atoms with Crippen molar-refractivity contribution in [2.45, 2.75) is 45.3 Å². The van der Waals surface area contributed by atoms with E-state index in [0.717, 1.165) is 0 Å². The predicted octanol–water partition coefficient (Wildman–Crippen LogP) is 1.47. The quantitative estimate of drug-likeness (QED) is 0.543. The first-order valence-corrected chi connectivity index (χ1v) is 6.14. The van der Waals surface area contributed by atoms with Gasteiger partial charge in [-0.15, -0.1) is 0 Å². The summed E-state index contributed by atoms with van der Waals surface area (Å²) in [6, 6.07) is -1.07. The second-order valence-corrected chi connectivity index (χ2v) is 5.05. The molecule has 7 heteroatoms. The number of carboxylic acids is 1. The highest BCUT2D eigenvalue weighted by molar-refractivity contribution is 5.82. The van der Waals surface area contributed by atoms with Crippen LogP contribution in [-0.2, 0) is 19.1 Å². The van der Waals surface area contributed by atoms with E-state index in [1.54, 1.807) is 20.8 Å². The first-order valence-electron chi connectivity index (χ1n) is 6.14. The Hall–Kier alpha value is -2.05. The molecule has 0 unspecified atom stereocenters. The van der Waals surface area contributed by atoms with Crippen molar-refractivity contribution in [1.82, 2.24) is 5.32 Å². The van der Waals surface area contributed by atoms with Crippen molar-refractivity contribution in [3.63, 3.8) is 0 Å².